The van der Waals surface area contributed by atoms with E-state index in [2.05, 4.69) is 16.6 Å². The number of carbonyl (C=O) groups excluding carboxylic acids is 2. The maximum atomic E-state index is 11.4. The Hall–Kier alpha value is -1.52. The van der Waals surface area contributed by atoms with Gasteiger partial charge in [-0.3, -0.25) is 4.79 Å². The molecule has 16 heavy (non-hydrogen) atoms. The van der Waals surface area contributed by atoms with Crippen molar-refractivity contribution in [3.8, 4) is 0 Å². The quantitative estimate of drug-likeness (QED) is 0.712. The van der Waals surface area contributed by atoms with Crippen LogP contribution in [-0.4, -0.2) is 43.1 Å². The first-order valence-corrected chi connectivity index (χ1v) is 5.43. The van der Waals surface area contributed by atoms with E-state index in [4.69, 9.17) is 0 Å². The minimum atomic E-state index is -0.334. The third-order valence-electron chi connectivity index (χ3n) is 2.64. The number of hydrogen-bond acceptors (Lipinski definition) is 3. The molecule has 1 heterocycles. The highest BCUT2D eigenvalue weighted by atomic mass is 16.5. The van der Waals surface area contributed by atoms with Crippen LogP contribution in [0.5, 0.6) is 0 Å². The Bertz CT molecular complexity index is 278. The fourth-order valence-corrected chi connectivity index (χ4v) is 1.81. The van der Waals surface area contributed by atoms with Crippen molar-refractivity contribution in [2.75, 3.05) is 20.2 Å². The Balaban J connectivity index is 2.54. The molecule has 1 fully saturated rings. The van der Waals surface area contributed by atoms with Crippen LogP contribution in [0.3, 0.4) is 0 Å². The molecule has 5 heteroatoms. The van der Waals surface area contributed by atoms with Gasteiger partial charge in [0.1, 0.15) is 0 Å². The summed E-state index contributed by atoms with van der Waals surface area (Å²) in [6.45, 7) is 4.60. The molecule has 0 aromatic heterocycles. The van der Waals surface area contributed by atoms with E-state index in [1.165, 1.54) is 13.2 Å². The number of nitrogens with one attached hydrogen (secondary N) is 1. The van der Waals surface area contributed by atoms with Crippen LogP contribution in [0.25, 0.3) is 0 Å². The molecule has 0 radical (unpaired) electrons. The van der Waals surface area contributed by atoms with Gasteiger partial charge in [0.2, 0.25) is 5.91 Å². The van der Waals surface area contributed by atoms with E-state index in [1.807, 2.05) is 0 Å². The van der Waals surface area contributed by atoms with Gasteiger partial charge in [0, 0.05) is 19.1 Å². The highest BCUT2D eigenvalue weighted by Crippen LogP contribution is 2.11. The maximum Gasteiger partial charge on any atom is 0.409 e. The van der Waals surface area contributed by atoms with Crippen LogP contribution in [0.2, 0.25) is 0 Å². The first kappa shape index (κ1) is 12.5. The van der Waals surface area contributed by atoms with Gasteiger partial charge in [-0.2, -0.15) is 0 Å². The molecule has 1 aliphatic rings. The molecule has 1 atom stereocenters. The van der Waals surface area contributed by atoms with Gasteiger partial charge in [0.05, 0.1) is 7.11 Å². The first-order chi connectivity index (χ1) is 7.67. The summed E-state index contributed by atoms with van der Waals surface area (Å²) in [4.78, 5) is 24.2. The lowest BCUT2D eigenvalue weighted by Gasteiger charge is -2.23. The van der Waals surface area contributed by atoms with Crippen LogP contribution in [0.1, 0.15) is 19.3 Å². The SMILES string of the molecule is C=CC(=O)NC1CCCCN(C(=O)OC)C1. The van der Waals surface area contributed by atoms with Crippen molar-refractivity contribution in [2.24, 2.45) is 0 Å². The topological polar surface area (TPSA) is 58.6 Å². The van der Waals surface area contributed by atoms with Crippen molar-refractivity contribution in [3.05, 3.63) is 12.7 Å². The molecular weight excluding hydrogens is 208 g/mol. The van der Waals surface area contributed by atoms with Gasteiger partial charge in [-0.1, -0.05) is 6.58 Å². The number of nitrogens with zero attached hydrogens (tertiary/aromatic N) is 1. The van der Waals surface area contributed by atoms with Crippen LogP contribution < -0.4 is 5.32 Å². The minimum Gasteiger partial charge on any atom is -0.453 e. The molecular formula is C11H18N2O3. The van der Waals surface area contributed by atoms with Gasteiger partial charge in [-0.25, -0.2) is 4.79 Å². The molecule has 0 aromatic carbocycles. The molecule has 1 unspecified atom stereocenters. The highest BCUT2D eigenvalue weighted by molar-refractivity contribution is 5.87. The Morgan fingerprint density at radius 3 is 2.88 bits per heavy atom. The van der Waals surface area contributed by atoms with Gasteiger partial charge >= 0.3 is 6.09 Å². The van der Waals surface area contributed by atoms with Gasteiger partial charge in [-0.05, 0) is 25.3 Å². The fourth-order valence-electron chi connectivity index (χ4n) is 1.81. The highest BCUT2D eigenvalue weighted by Gasteiger charge is 2.22. The van der Waals surface area contributed by atoms with Crippen molar-refractivity contribution < 1.29 is 14.3 Å². The summed E-state index contributed by atoms with van der Waals surface area (Å²) in [5.74, 6) is -0.197. The predicted octanol–water partition coefficient (Wildman–Crippen LogP) is 0.909. The van der Waals surface area contributed by atoms with E-state index in [0.29, 0.717) is 13.1 Å². The standard InChI is InChI=1S/C11H18N2O3/c1-3-10(14)12-9-6-4-5-7-13(8-9)11(15)16-2/h3,9H,1,4-8H2,2H3,(H,12,14). The largest absolute Gasteiger partial charge is 0.453 e. The summed E-state index contributed by atoms with van der Waals surface area (Å²) >= 11 is 0. The lowest BCUT2D eigenvalue weighted by molar-refractivity contribution is -0.117. The van der Waals surface area contributed by atoms with Crippen LogP contribution in [0.15, 0.2) is 12.7 Å². The second kappa shape index (κ2) is 6.15. The Labute approximate surface area is 95.4 Å². The number of methoxy groups -OCH3 is 1. The normalized spacial score (nSPS) is 20.8. The average molecular weight is 226 g/mol. The van der Waals surface area contributed by atoms with E-state index in [9.17, 15) is 9.59 Å². The van der Waals surface area contributed by atoms with Gasteiger partial charge < -0.3 is 15.0 Å². The first-order valence-electron chi connectivity index (χ1n) is 5.43. The van der Waals surface area contributed by atoms with Crippen molar-refractivity contribution in [1.29, 1.82) is 0 Å². The number of carbonyl (C=O) groups is 2. The lowest BCUT2D eigenvalue weighted by atomic mass is 10.1. The van der Waals surface area contributed by atoms with E-state index in [1.54, 1.807) is 4.90 Å². The smallest absolute Gasteiger partial charge is 0.409 e. The van der Waals surface area contributed by atoms with Crippen molar-refractivity contribution >= 4 is 12.0 Å². The van der Waals surface area contributed by atoms with E-state index >= 15 is 0 Å². The summed E-state index contributed by atoms with van der Waals surface area (Å²) in [5.41, 5.74) is 0. The van der Waals surface area contributed by atoms with Crippen molar-refractivity contribution in [3.63, 3.8) is 0 Å². The second-order valence-electron chi connectivity index (χ2n) is 3.82. The van der Waals surface area contributed by atoms with Gasteiger partial charge in [-0.15, -0.1) is 0 Å². The summed E-state index contributed by atoms with van der Waals surface area (Å²) in [6.07, 6.45) is 3.73. The second-order valence-corrected chi connectivity index (χ2v) is 3.82. The number of ether oxygens (including phenoxy) is 1. The monoisotopic (exact) mass is 226 g/mol. The summed E-state index contributed by atoms with van der Waals surface area (Å²) < 4.78 is 4.68. The molecule has 1 N–H and O–H groups in total. The van der Waals surface area contributed by atoms with Gasteiger partial charge in [0.25, 0.3) is 0 Å². The van der Waals surface area contributed by atoms with Crippen molar-refractivity contribution in [2.45, 2.75) is 25.3 Å². The van der Waals surface area contributed by atoms with E-state index in [-0.39, 0.29) is 18.0 Å². The molecule has 1 aliphatic heterocycles. The molecule has 0 saturated carbocycles. The number of likely N-dealkylation sites (tertiary alicyclic amines) is 1. The third kappa shape index (κ3) is 3.56. The van der Waals surface area contributed by atoms with Crippen LogP contribution >= 0.6 is 0 Å². The van der Waals surface area contributed by atoms with E-state index in [0.717, 1.165) is 19.3 Å². The third-order valence-corrected chi connectivity index (χ3v) is 2.64. The summed E-state index contributed by atoms with van der Waals surface area (Å²) in [5, 5.41) is 2.81. The van der Waals surface area contributed by atoms with Gasteiger partial charge in [0.15, 0.2) is 0 Å². The number of rotatable bonds is 2. The molecule has 1 rings (SSSR count). The zero-order valence-electron chi connectivity index (χ0n) is 9.57. The molecule has 90 valence electrons. The predicted molar refractivity (Wildman–Crippen MR) is 60.0 cm³/mol. The molecule has 0 bridgehead atoms. The Morgan fingerprint density at radius 2 is 2.25 bits per heavy atom. The fraction of sp³-hybridized carbons (Fsp3) is 0.636. The van der Waals surface area contributed by atoms with Crippen molar-refractivity contribution in [1.82, 2.24) is 10.2 Å². The summed E-state index contributed by atoms with van der Waals surface area (Å²) in [6, 6.07) is -0.00731. The molecule has 1 saturated heterocycles. The lowest BCUT2D eigenvalue weighted by Crippen LogP contribution is -2.44. The molecule has 0 aliphatic carbocycles. The molecule has 0 aromatic rings. The average Bonchev–Trinajstić information content (AvgIpc) is 2.53. The minimum absolute atomic E-state index is 0.00731. The molecule has 5 nitrogen and oxygen atoms in total. The zero-order chi connectivity index (χ0) is 12.0. The van der Waals surface area contributed by atoms with Crippen LogP contribution in [0, 0.1) is 0 Å². The van der Waals surface area contributed by atoms with E-state index < -0.39 is 0 Å². The zero-order valence-corrected chi connectivity index (χ0v) is 9.57. The van der Waals surface area contributed by atoms with Crippen LogP contribution in [-0.2, 0) is 9.53 Å². The number of hydrogen-bond donors (Lipinski definition) is 1. The number of amides is 2. The Morgan fingerprint density at radius 1 is 1.50 bits per heavy atom. The summed E-state index contributed by atoms with van der Waals surface area (Å²) in [7, 11) is 1.37. The van der Waals surface area contributed by atoms with Crippen LogP contribution in [0.4, 0.5) is 4.79 Å². The molecule has 0 spiro atoms. The Kier molecular flexibility index (Phi) is 4.82. The maximum absolute atomic E-state index is 11.4. The molecule has 2 amide bonds.